The Bertz CT molecular complexity index is 511. The van der Waals surface area contributed by atoms with E-state index in [1.165, 1.54) is 24.6 Å². The molecule has 0 aliphatic carbocycles. The number of aromatic nitrogens is 1. The molecule has 16 heavy (non-hydrogen) atoms. The van der Waals surface area contributed by atoms with Gasteiger partial charge in [-0.15, -0.1) is 0 Å². The van der Waals surface area contributed by atoms with Crippen molar-refractivity contribution in [3.8, 4) is 0 Å². The van der Waals surface area contributed by atoms with E-state index in [1.807, 2.05) is 0 Å². The fourth-order valence-electron chi connectivity index (χ4n) is 1.19. The maximum absolute atomic E-state index is 12.9. The number of rotatable bonds is 2. The number of nitrogen functional groups attached to an aromatic ring is 1. The molecule has 6 heteroatoms. The Kier molecular flexibility index (Phi) is 2.55. The molecule has 1 amide bonds. The van der Waals surface area contributed by atoms with Gasteiger partial charge in [-0.3, -0.25) is 4.79 Å². The van der Waals surface area contributed by atoms with Crippen LogP contribution in [0.3, 0.4) is 0 Å². The Morgan fingerprint density at radius 2 is 2.31 bits per heavy atom. The number of hydrogen-bond donors (Lipinski definition) is 2. The highest BCUT2D eigenvalue weighted by Crippen LogP contribution is 2.15. The monoisotopic (exact) mass is 221 g/mol. The number of carbonyl (C=O) groups excluding carboxylic acids is 1. The van der Waals surface area contributed by atoms with Gasteiger partial charge in [0, 0.05) is 5.69 Å². The Morgan fingerprint density at radius 1 is 1.50 bits per heavy atom. The molecule has 2 rings (SSSR count). The number of nitrogens with one attached hydrogen (secondary N) is 1. The summed E-state index contributed by atoms with van der Waals surface area (Å²) in [6.45, 7) is 0. The first-order valence-electron chi connectivity index (χ1n) is 4.42. The summed E-state index contributed by atoms with van der Waals surface area (Å²) in [7, 11) is 0. The number of benzene rings is 1. The van der Waals surface area contributed by atoms with Gasteiger partial charge in [-0.05, 0) is 18.2 Å². The zero-order valence-electron chi connectivity index (χ0n) is 8.11. The minimum absolute atomic E-state index is 0.0706. The van der Waals surface area contributed by atoms with Gasteiger partial charge in [0.2, 0.25) is 0 Å². The molecule has 5 nitrogen and oxygen atoms in total. The van der Waals surface area contributed by atoms with Crippen LogP contribution in [-0.4, -0.2) is 11.1 Å². The van der Waals surface area contributed by atoms with Crippen molar-refractivity contribution < 1.29 is 13.7 Å². The van der Waals surface area contributed by atoms with Gasteiger partial charge < -0.3 is 15.6 Å². The molecule has 0 saturated heterocycles. The molecule has 3 N–H and O–H groups in total. The molecular weight excluding hydrogens is 213 g/mol. The van der Waals surface area contributed by atoms with Crippen LogP contribution in [-0.2, 0) is 0 Å². The van der Waals surface area contributed by atoms with Crippen LogP contribution in [0, 0.1) is 5.82 Å². The van der Waals surface area contributed by atoms with Crippen LogP contribution in [0.5, 0.6) is 0 Å². The molecule has 82 valence electrons. The Hall–Kier alpha value is -2.37. The van der Waals surface area contributed by atoms with Gasteiger partial charge >= 0.3 is 0 Å². The Labute approximate surface area is 90.0 Å². The molecule has 0 spiro atoms. The molecule has 2 aromatic rings. The van der Waals surface area contributed by atoms with Crippen LogP contribution in [0.2, 0.25) is 0 Å². The van der Waals surface area contributed by atoms with Crippen molar-refractivity contribution in [1.29, 1.82) is 0 Å². The molecule has 1 aromatic carbocycles. The van der Waals surface area contributed by atoms with Crippen LogP contribution >= 0.6 is 0 Å². The van der Waals surface area contributed by atoms with Gasteiger partial charge in [0.25, 0.3) is 5.91 Å². The molecule has 0 aliphatic rings. The van der Waals surface area contributed by atoms with Gasteiger partial charge in [0.15, 0.2) is 0 Å². The van der Waals surface area contributed by atoms with Crippen molar-refractivity contribution in [1.82, 2.24) is 5.16 Å². The fourth-order valence-corrected chi connectivity index (χ4v) is 1.19. The van der Waals surface area contributed by atoms with Crippen LogP contribution < -0.4 is 11.1 Å². The highest BCUT2D eigenvalue weighted by atomic mass is 19.1. The summed E-state index contributed by atoms with van der Waals surface area (Å²) in [5.41, 5.74) is 6.21. The highest BCUT2D eigenvalue weighted by molar-refractivity contribution is 6.07. The molecule has 0 unspecified atom stereocenters. The van der Waals surface area contributed by atoms with E-state index in [1.54, 1.807) is 0 Å². The van der Waals surface area contributed by atoms with Crippen LogP contribution in [0.15, 0.2) is 35.2 Å². The SMILES string of the molecule is Nc1ccc(F)cc1C(=O)Nc1cnoc1. The summed E-state index contributed by atoms with van der Waals surface area (Å²) in [6, 6.07) is 3.58. The average Bonchev–Trinajstić information content (AvgIpc) is 2.74. The van der Waals surface area contributed by atoms with Crippen molar-refractivity contribution in [3.63, 3.8) is 0 Å². The Morgan fingerprint density at radius 3 is 3.00 bits per heavy atom. The lowest BCUT2D eigenvalue weighted by atomic mass is 10.1. The summed E-state index contributed by atoms with van der Waals surface area (Å²) in [5.74, 6) is -1.04. The summed E-state index contributed by atoms with van der Waals surface area (Å²) in [5, 5.41) is 5.88. The topological polar surface area (TPSA) is 81.2 Å². The van der Waals surface area contributed by atoms with Gasteiger partial charge in [-0.1, -0.05) is 5.16 Å². The first-order chi connectivity index (χ1) is 7.66. The van der Waals surface area contributed by atoms with E-state index in [2.05, 4.69) is 15.0 Å². The van der Waals surface area contributed by atoms with Gasteiger partial charge in [0.05, 0.1) is 11.8 Å². The van der Waals surface area contributed by atoms with Gasteiger partial charge in [-0.2, -0.15) is 0 Å². The van der Waals surface area contributed by atoms with E-state index >= 15 is 0 Å². The molecule has 1 heterocycles. The third-order valence-electron chi connectivity index (χ3n) is 1.95. The number of halogens is 1. The first kappa shape index (κ1) is 10.2. The van der Waals surface area contributed by atoms with E-state index in [-0.39, 0.29) is 11.3 Å². The maximum Gasteiger partial charge on any atom is 0.257 e. The van der Waals surface area contributed by atoms with Crippen molar-refractivity contribution in [3.05, 3.63) is 42.0 Å². The van der Waals surface area contributed by atoms with Crippen LogP contribution in [0.1, 0.15) is 10.4 Å². The number of amides is 1. The summed E-state index contributed by atoms with van der Waals surface area (Å²) in [4.78, 5) is 11.7. The number of nitrogens with two attached hydrogens (primary N) is 1. The molecule has 0 aliphatic heterocycles. The second-order valence-electron chi connectivity index (χ2n) is 3.10. The zero-order chi connectivity index (χ0) is 11.5. The summed E-state index contributed by atoms with van der Waals surface area (Å²) in [6.07, 6.45) is 2.58. The van der Waals surface area contributed by atoms with Crippen molar-refractivity contribution >= 4 is 17.3 Å². The van der Waals surface area contributed by atoms with E-state index in [0.29, 0.717) is 5.69 Å². The smallest absolute Gasteiger partial charge is 0.257 e. The number of carbonyl (C=O) groups is 1. The standard InChI is InChI=1S/C10H8FN3O2/c11-6-1-2-9(12)8(3-6)10(15)14-7-4-13-16-5-7/h1-5H,12H2,(H,14,15). The second-order valence-corrected chi connectivity index (χ2v) is 3.10. The van der Waals surface area contributed by atoms with E-state index in [4.69, 9.17) is 5.73 Å². The summed E-state index contributed by atoms with van der Waals surface area (Å²) < 4.78 is 17.5. The predicted molar refractivity (Wildman–Crippen MR) is 55.3 cm³/mol. The lowest BCUT2D eigenvalue weighted by Crippen LogP contribution is -2.13. The van der Waals surface area contributed by atoms with Crippen LogP contribution in [0.4, 0.5) is 15.8 Å². The minimum atomic E-state index is -0.523. The fraction of sp³-hybridized carbons (Fsp3) is 0. The molecule has 0 bridgehead atoms. The van der Waals surface area contributed by atoms with Crippen molar-refractivity contribution in [2.45, 2.75) is 0 Å². The van der Waals surface area contributed by atoms with Gasteiger partial charge in [0.1, 0.15) is 17.8 Å². The van der Waals surface area contributed by atoms with Crippen molar-refractivity contribution in [2.75, 3.05) is 11.1 Å². The maximum atomic E-state index is 12.9. The third kappa shape index (κ3) is 2.00. The van der Waals surface area contributed by atoms with E-state index < -0.39 is 11.7 Å². The van der Waals surface area contributed by atoms with Crippen LogP contribution in [0.25, 0.3) is 0 Å². The minimum Gasteiger partial charge on any atom is -0.398 e. The predicted octanol–water partition coefficient (Wildman–Crippen LogP) is 1.65. The first-order valence-corrected chi connectivity index (χ1v) is 4.42. The second kappa shape index (κ2) is 4.01. The molecular formula is C10H8FN3O2. The molecule has 0 radical (unpaired) electrons. The highest BCUT2D eigenvalue weighted by Gasteiger charge is 2.11. The lowest BCUT2D eigenvalue weighted by molar-refractivity contribution is 0.102. The lowest BCUT2D eigenvalue weighted by Gasteiger charge is -2.04. The third-order valence-corrected chi connectivity index (χ3v) is 1.95. The number of hydrogen-bond acceptors (Lipinski definition) is 4. The molecule has 0 saturated carbocycles. The van der Waals surface area contributed by atoms with E-state index in [0.717, 1.165) is 6.07 Å². The van der Waals surface area contributed by atoms with Crippen molar-refractivity contribution in [2.24, 2.45) is 0 Å². The molecule has 1 aromatic heterocycles. The van der Waals surface area contributed by atoms with Gasteiger partial charge in [-0.25, -0.2) is 4.39 Å². The number of anilines is 2. The largest absolute Gasteiger partial charge is 0.398 e. The molecule has 0 atom stereocenters. The zero-order valence-corrected chi connectivity index (χ0v) is 8.11. The normalized spacial score (nSPS) is 10.1. The van der Waals surface area contributed by atoms with E-state index in [9.17, 15) is 9.18 Å². The average molecular weight is 221 g/mol. The number of nitrogens with zero attached hydrogens (tertiary/aromatic N) is 1. The summed E-state index contributed by atoms with van der Waals surface area (Å²) >= 11 is 0. The quantitative estimate of drug-likeness (QED) is 0.755. The Balaban J connectivity index is 2.24. The molecule has 0 fully saturated rings.